The number of urea groups is 1. The molecule has 0 aliphatic carbocycles. The summed E-state index contributed by atoms with van der Waals surface area (Å²) in [4.78, 5) is 32.4. The summed E-state index contributed by atoms with van der Waals surface area (Å²) in [6.07, 6.45) is 3.24. The van der Waals surface area contributed by atoms with Crippen molar-refractivity contribution in [1.82, 2.24) is 15.3 Å². The molecule has 8 heteroatoms. The molecule has 0 spiro atoms. The lowest BCUT2D eigenvalue weighted by Crippen LogP contribution is -2.49. The maximum Gasteiger partial charge on any atom is 0.328 e. The van der Waals surface area contributed by atoms with Gasteiger partial charge in [-0.3, -0.25) is 15.0 Å². The van der Waals surface area contributed by atoms with Crippen molar-refractivity contribution in [3.8, 4) is 11.8 Å². The van der Waals surface area contributed by atoms with E-state index in [-0.39, 0.29) is 18.3 Å². The van der Waals surface area contributed by atoms with E-state index in [1.807, 2.05) is 24.3 Å². The molecule has 112 valence electrons. The third-order valence-electron chi connectivity index (χ3n) is 3.00. The Labute approximate surface area is 139 Å². The first-order valence-electron chi connectivity index (χ1n) is 6.48. The number of anilines is 1. The standard InChI is InChI=1S/C14H11IN4O3/c15-9-1-3-11(4-2-9)22-13-16-7-10(8-17-13)19-6-5-12(20)18-14(19)21/h1-4,7-8H,5-6H2,(H,18,20,21). The molecule has 1 aliphatic heterocycles. The Balaban J connectivity index is 1.71. The normalized spacial score (nSPS) is 14.7. The molecular formula is C14H11IN4O3. The van der Waals surface area contributed by atoms with Crippen LogP contribution in [-0.2, 0) is 4.79 Å². The molecule has 0 atom stereocenters. The summed E-state index contributed by atoms with van der Waals surface area (Å²) in [7, 11) is 0. The molecule has 1 fully saturated rings. The Morgan fingerprint density at radius 1 is 1.14 bits per heavy atom. The van der Waals surface area contributed by atoms with Gasteiger partial charge in [-0.05, 0) is 46.9 Å². The maximum atomic E-state index is 11.7. The van der Waals surface area contributed by atoms with Crippen LogP contribution in [0.25, 0.3) is 0 Å². The molecule has 1 aliphatic rings. The molecule has 7 nitrogen and oxygen atoms in total. The van der Waals surface area contributed by atoms with Gasteiger partial charge in [0.15, 0.2) is 0 Å². The second kappa shape index (κ2) is 6.26. The second-order valence-corrected chi connectivity index (χ2v) is 5.78. The number of nitrogens with one attached hydrogen (secondary N) is 1. The lowest BCUT2D eigenvalue weighted by Gasteiger charge is -2.25. The summed E-state index contributed by atoms with van der Waals surface area (Å²) < 4.78 is 6.62. The highest BCUT2D eigenvalue weighted by molar-refractivity contribution is 14.1. The Bertz CT molecular complexity index is 703. The van der Waals surface area contributed by atoms with Crippen LogP contribution >= 0.6 is 22.6 Å². The fourth-order valence-corrected chi connectivity index (χ4v) is 2.28. The molecule has 3 amide bonds. The number of nitrogens with zero attached hydrogens (tertiary/aromatic N) is 3. The van der Waals surface area contributed by atoms with Gasteiger partial charge in [-0.15, -0.1) is 0 Å². The van der Waals surface area contributed by atoms with E-state index in [9.17, 15) is 9.59 Å². The fourth-order valence-electron chi connectivity index (χ4n) is 1.92. The van der Waals surface area contributed by atoms with Gasteiger partial charge in [0, 0.05) is 16.5 Å². The molecule has 0 bridgehead atoms. The number of benzene rings is 1. The van der Waals surface area contributed by atoms with Crippen LogP contribution in [0.5, 0.6) is 11.8 Å². The van der Waals surface area contributed by atoms with Crippen LogP contribution in [0, 0.1) is 3.57 Å². The number of rotatable bonds is 3. The zero-order valence-corrected chi connectivity index (χ0v) is 13.5. The van der Waals surface area contributed by atoms with E-state index < -0.39 is 6.03 Å². The minimum atomic E-state index is -0.467. The van der Waals surface area contributed by atoms with E-state index in [0.717, 1.165) is 3.57 Å². The summed E-state index contributed by atoms with van der Waals surface area (Å²) in [5.41, 5.74) is 0.514. The number of ether oxygens (including phenoxy) is 1. The third-order valence-corrected chi connectivity index (χ3v) is 3.72. The largest absolute Gasteiger partial charge is 0.424 e. The monoisotopic (exact) mass is 410 g/mol. The van der Waals surface area contributed by atoms with Gasteiger partial charge >= 0.3 is 12.0 Å². The van der Waals surface area contributed by atoms with Crippen LogP contribution in [0.4, 0.5) is 10.5 Å². The van der Waals surface area contributed by atoms with Gasteiger partial charge < -0.3 is 4.74 Å². The Morgan fingerprint density at radius 2 is 1.82 bits per heavy atom. The highest BCUT2D eigenvalue weighted by Crippen LogP contribution is 2.21. The predicted molar refractivity (Wildman–Crippen MR) is 86.8 cm³/mol. The molecule has 0 saturated carbocycles. The molecule has 22 heavy (non-hydrogen) atoms. The van der Waals surface area contributed by atoms with Gasteiger partial charge in [-0.2, -0.15) is 0 Å². The summed E-state index contributed by atoms with van der Waals surface area (Å²) in [5, 5.41) is 2.25. The van der Waals surface area contributed by atoms with Gasteiger partial charge in [0.2, 0.25) is 5.91 Å². The number of imide groups is 1. The number of halogens is 1. The molecule has 1 aromatic heterocycles. The third kappa shape index (κ3) is 3.32. The molecule has 0 unspecified atom stereocenters. The number of aromatic nitrogens is 2. The minimum absolute atomic E-state index is 0.193. The fraction of sp³-hybridized carbons (Fsp3) is 0.143. The van der Waals surface area contributed by atoms with Crippen LogP contribution in [0.3, 0.4) is 0 Å². The molecule has 2 aromatic rings. The Hall–Kier alpha value is -2.23. The number of amides is 3. The Morgan fingerprint density at radius 3 is 2.45 bits per heavy atom. The summed E-state index contributed by atoms with van der Waals surface area (Å²) in [6, 6.07) is 7.20. The first kappa shape index (κ1) is 14.7. The smallest absolute Gasteiger partial charge is 0.328 e. The van der Waals surface area contributed by atoms with Crippen molar-refractivity contribution in [3.63, 3.8) is 0 Å². The first-order chi connectivity index (χ1) is 10.6. The van der Waals surface area contributed by atoms with Crippen LogP contribution in [0.15, 0.2) is 36.7 Å². The van der Waals surface area contributed by atoms with Gasteiger partial charge in [0.25, 0.3) is 0 Å². The Kier molecular flexibility index (Phi) is 4.18. The molecule has 1 aromatic carbocycles. The van der Waals surface area contributed by atoms with Gasteiger partial charge in [0.05, 0.1) is 18.1 Å². The van der Waals surface area contributed by atoms with Gasteiger partial charge in [-0.1, -0.05) is 0 Å². The van der Waals surface area contributed by atoms with Crippen LogP contribution in [0.2, 0.25) is 0 Å². The van der Waals surface area contributed by atoms with E-state index in [4.69, 9.17) is 4.74 Å². The predicted octanol–water partition coefficient (Wildman–Crippen LogP) is 2.32. The van der Waals surface area contributed by atoms with E-state index >= 15 is 0 Å². The van der Waals surface area contributed by atoms with E-state index in [2.05, 4.69) is 37.9 Å². The number of carbonyl (C=O) groups excluding carboxylic acids is 2. The highest BCUT2D eigenvalue weighted by atomic mass is 127. The zero-order chi connectivity index (χ0) is 15.5. The SMILES string of the molecule is O=C1CCN(c2cnc(Oc3ccc(I)cc3)nc2)C(=O)N1. The molecule has 2 heterocycles. The second-order valence-electron chi connectivity index (χ2n) is 4.53. The van der Waals surface area contributed by atoms with E-state index in [0.29, 0.717) is 18.0 Å². The van der Waals surface area contributed by atoms with Crippen LogP contribution < -0.4 is 15.0 Å². The highest BCUT2D eigenvalue weighted by Gasteiger charge is 2.24. The average Bonchev–Trinajstić information content (AvgIpc) is 2.51. The minimum Gasteiger partial charge on any atom is -0.424 e. The van der Waals surface area contributed by atoms with Crippen molar-refractivity contribution >= 4 is 40.2 Å². The van der Waals surface area contributed by atoms with Crippen molar-refractivity contribution in [2.24, 2.45) is 0 Å². The molecule has 1 N–H and O–H groups in total. The summed E-state index contributed by atoms with van der Waals surface area (Å²) >= 11 is 2.21. The van der Waals surface area contributed by atoms with Gasteiger partial charge in [-0.25, -0.2) is 14.8 Å². The lowest BCUT2D eigenvalue weighted by atomic mass is 10.3. The summed E-state index contributed by atoms with van der Waals surface area (Å²) in [5.74, 6) is 0.357. The average molecular weight is 410 g/mol. The van der Waals surface area contributed by atoms with Crippen molar-refractivity contribution < 1.29 is 14.3 Å². The zero-order valence-electron chi connectivity index (χ0n) is 11.3. The topological polar surface area (TPSA) is 84.4 Å². The number of carbonyl (C=O) groups is 2. The lowest BCUT2D eigenvalue weighted by molar-refractivity contribution is -0.120. The molecule has 0 radical (unpaired) electrons. The first-order valence-corrected chi connectivity index (χ1v) is 7.56. The molecule has 1 saturated heterocycles. The van der Waals surface area contributed by atoms with Crippen molar-refractivity contribution in [1.29, 1.82) is 0 Å². The van der Waals surface area contributed by atoms with Crippen molar-refractivity contribution in [3.05, 3.63) is 40.2 Å². The van der Waals surface area contributed by atoms with E-state index in [1.54, 1.807) is 0 Å². The van der Waals surface area contributed by atoms with Gasteiger partial charge in [0.1, 0.15) is 5.75 Å². The molecular weight excluding hydrogens is 399 g/mol. The maximum absolute atomic E-state index is 11.7. The van der Waals surface area contributed by atoms with Crippen LogP contribution in [-0.4, -0.2) is 28.5 Å². The van der Waals surface area contributed by atoms with Crippen molar-refractivity contribution in [2.75, 3.05) is 11.4 Å². The molecule has 3 rings (SSSR count). The van der Waals surface area contributed by atoms with Crippen molar-refractivity contribution in [2.45, 2.75) is 6.42 Å². The number of hydrogen-bond donors (Lipinski definition) is 1. The number of hydrogen-bond acceptors (Lipinski definition) is 5. The van der Waals surface area contributed by atoms with E-state index in [1.165, 1.54) is 17.3 Å². The quantitative estimate of drug-likeness (QED) is 0.786. The summed E-state index contributed by atoms with van der Waals surface area (Å²) in [6.45, 7) is 0.311. The van der Waals surface area contributed by atoms with Crippen LogP contribution in [0.1, 0.15) is 6.42 Å².